The molecule has 0 saturated carbocycles. The summed E-state index contributed by atoms with van der Waals surface area (Å²) in [5.41, 5.74) is 2.33. The van der Waals surface area contributed by atoms with E-state index in [0.717, 1.165) is 30.8 Å². The van der Waals surface area contributed by atoms with Gasteiger partial charge in [-0.3, -0.25) is 4.79 Å². The number of amides is 1. The lowest BCUT2D eigenvalue weighted by molar-refractivity contribution is -0.120. The minimum absolute atomic E-state index is 0.0883. The molecule has 0 bridgehead atoms. The van der Waals surface area contributed by atoms with Crippen LogP contribution in [0, 0.1) is 25.6 Å². The van der Waals surface area contributed by atoms with Crippen molar-refractivity contribution in [1.82, 2.24) is 9.97 Å². The summed E-state index contributed by atoms with van der Waals surface area (Å²) in [6.45, 7) is 5.29. The fraction of sp³-hybridized carbons (Fsp3) is 0.389. The highest BCUT2D eigenvalue weighted by Crippen LogP contribution is 2.22. The van der Waals surface area contributed by atoms with Gasteiger partial charge in [0, 0.05) is 30.2 Å². The zero-order valence-electron chi connectivity index (χ0n) is 13.9. The Bertz CT molecular complexity index is 729. The van der Waals surface area contributed by atoms with Crippen molar-refractivity contribution in [2.24, 2.45) is 5.92 Å². The summed E-state index contributed by atoms with van der Waals surface area (Å²) in [7, 11) is 0. The number of benzene rings is 1. The third-order valence-electron chi connectivity index (χ3n) is 4.14. The molecule has 24 heavy (non-hydrogen) atoms. The lowest BCUT2D eigenvalue weighted by Gasteiger charge is -2.32. The predicted octanol–water partition coefficient (Wildman–Crippen LogP) is 3.09. The first kappa shape index (κ1) is 16.4. The number of piperidine rings is 1. The summed E-state index contributed by atoms with van der Waals surface area (Å²) in [6.07, 6.45) is 1.71. The molecular formula is C18H21FN4O. The van der Waals surface area contributed by atoms with E-state index in [1.807, 2.05) is 19.9 Å². The van der Waals surface area contributed by atoms with E-state index >= 15 is 0 Å². The zero-order valence-corrected chi connectivity index (χ0v) is 13.9. The van der Waals surface area contributed by atoms with Gasteiger partial charge < -0.3 is 10.2 Å². The maximum Gasteiger partial charge on any atom is 0.229 e. The van der Waals surface area contributed by atoms with Crippen LogP contribution in [0.4, 0.5) is 16.0 Å². The maximum atomic E-state index is 13.2. The Morgan fingerprint density at radius 3 is 2.71 bits per heavy atom. The Kier molecular flexibility index (Phi) is 4.74. The number of nitrogens with zero attached hydrogens (tertiary/aromatic N) is 3. The normalized spacial score (nSPS) is 17.6. The first-order valence-electron chi connectivity index (χ1n) is 8.15. The zero-order chi connectivity index (χ0) is 17.1. The molecule has 2 heterocycles. The van der Waals surface area contributed by atoms with Crippen molar-refractivity contribution in [3.63, 3.8) is 0 Å². The molecule has 5 nitrogen and oxygen atoms in total. The largest absolute Gasteiger partial charge is 0.340 e. The summed E-state index contributed by atoms with van der Waals surface area (Å²) >= 11 is 0. The van der Waals surface area contributed by atoms with Gasteiger partial charge in [-0.2, -0.15) is 0 Å². The Morgan fingerprint density at radius 1 is 1.25 bits per heavy atom. The molecule has 1 amide bonds. The van der Waals surface area contributed by atoms with Crippen molar-refractivity contribution >= 4 is 17.5 Å². The molecule has 1 aliphatic heterocycles. The predicted molar refractivity (Wildman–Crippen MR) is 91.5 cm³/mol. The highest BCUT2D eigenvalue weighted by Gasteiger charge is 2.27. The van der Waals surface area contributed by atoms with E-state index in [9.17, 15) is 9.18 Å². The van der Waals surface area contributed by atoms with Crippen LogP contribution >= 0.6 is 0 Å². The average molecular weight is 328 g/mol. The molecule has 126 valence electrons. The summed E-state index contributed by atoms with van der Waals surface area (Å²) < 4.78 is 13.2. The van der Waals surface area contributed by atoms with Crippen molar-refractivity contribution in [3.05, 3.63) is 47.5 Å². The van der Waals surface area contributed by atoms with Crippen LogP contribution in [0.1, 0.15) is 24.2 Å². The third-order valence-corrected chi connectivity index (χ3v) is 4.14. The second-order valence-corrected chi connectivity index (χ2v) is 6.24. The van der Waals surface area contributed by atoms with E-state index in [4.69, 9.17) is 0 Å². The highest BCUT2D eigenvalue weighted by molar-refractivity contribution is 5.93. The Hall–Kier alpha value is -2.50. The lowest BCUT2D eigenvalue weighted by atomic mass is 9.97. The summed E-state index contributed by atoms with van der Waals surface area (Å²) in [5, 5.41) is 2.80. The fourth-order valence-corrected chi connectivity index (χ4v) is 3.03. The number of hydrogen-bond acceptors (Lipinski definition) is 4. The molecule has 1 aromatic carbocycles. The van der Waals surface area contributed by atoms with Gasteiger partial charge in [0.25, 0.3) is 0 Å². The number of rotatable bonds is 3. The first-order valence-corrected chi connectivity index (χ1v) is 8.15. The summed E-state index contributed by atoms with van der Waals surface area (Å²) in [4.78, 5) is 23.5. The summed E-state index contributed by atoms with van der Waals surface area (Å²) in [5.74, 6) is 0.0681. The Labute approximate surface area is 140 Å². The standard InChI is InChI=1S/C18H21FN4O/c1-12-9-13(2)21-18(20-12)23-8-4-5-14(11-23)17(24)22-16-7-3-6-15(19)10-16/h3,6-7,9-10,14H,4-5,8,11H2,1-2H3,(H,22,24)/t14-/m1/s1. The van der Waals surface area contributed by atoms with Crippen LogP contribution in [0.15, 0.2) is 30.3 Å². The molecule has 6 heteroatoms. The third kappa shape index (κ3) is 3.88. The van der Waals surface area contributed by atoms with Gasteiger partial charge in [0.05, 0.1) is 5.92 Å². The number of hydrogen-bond donors (Lipinski definition) is 1. The molecule has 2 aromatic rings. The SMILES string of the molecule is Cc1cc(C)nc(N2CCC[C@@H](C(=O)Nc3cccc(F)c3)C2)n1. The minimum Gasteiger partial charge on any atom is -0.340 e. The van der Waals surface area contributed by atoms with Gasteiger partial charge in [0.15, 0.2) is 0 Å². The minimum atomic E-state index is -0.360. The van der Waals surface area contributed by atoms with Crippen molar-refractivity contribution in [2.45, 2.75) is 26.7 Å². The second-order valence-electron chi connectivity index (χ2n) is 6.24. The topological polar surface area (TPSA) is 58.1 Å². The van der Waals surface area contributed by atoms with Crippen LogP contribution in [0.5, 0.6) is 0 Å². The van der Waals surface area contributed by atoms with Gasteiger partial charge >= 0.3 is 0 Å². The van der Waals surface area contributed by atoms with E-state index in [2.05, 4.69) is 20.2 Å². The highest BCUT2D eigenvalue weighted by atomic mass is 19.1. The molecule has 0 unspecified atom stereocenters. The molecule has 1 aromatic heterocycles. The van der Waals surface area contributed by atoms with E-state index in [1.54, 1.807) is 12.1 Å². The van der Waals surface area contributed by atoms with Crippen molar-refractivity contribution < 1.29 is 9.18 Å². The molecule has 1 atom stereocenters. The van der Waals surface area contributed by atoms with Crippen LogP contribution in [0.2, 0.25) is 0 Å². The molecule has 1 fully saturated rings. The molecule has 1 aliphatic rings. The van der Waals surface area contributed by atoms with Gasteiger partial charge in [-0.1, -0.05) is 6.07 Å². The second kappa shape index (κ2) is 6.95. The Balaban J connectivity index is 1.69. The van der Waals surface area contributed by atoms with Crippen molar-refractivity contribution in [2.75, 3.05) is 23.3 Å². The van der Waals surface area contributed by atoms with Crippen molar-refractivity contribution in [1.29, 1.82) is 0 Å². The van der Waals surface area contributed by atoms with Crippen LogP contribution < -0.4 is 10.2 Å². The Morgan fingerprint density at radius 2 is 2.00 bits per heavy atom. The number of carbonyl (C=O) groups is 1. The van der Waals surface area contributed by atoms with Crippen LogP contribution in [0.3, 0.4) is 0 Å². The van der Waals surface area contributed by atoms with E-state index in [0.29, 0.717) is 18.2 Å². The number of nitrogens with one attached hydrogen (secondary N) is 1. The van der Waals surface area contributed by atoms with Gasteiger partial charge in [-0.15, -0.1) is 0 Å². The molecule has 1 saturated heterocycles. The molecule has 0 spiro atoms. The molecule has 0 radical (unpaired) electrons. The van der Waals surface area contributed by atoms with Crippen LogP contribution in [-0.4, -0.2) is 29.0 Å². The number of aromatic nitrogens is 2. The quantitative estimate of drug-likeness (QED) is 0.941. The molecular weight excluding hydrogens is 307 g/mol. The number of anilines is 2. The van der Waals surface area contributed by atoms with Crippen LogP contribution in [-0.2, 0) is 4.79 Å². The molecule has 1 N–H and O–H groups in total. The van der Waals surface area contributed by atoms with Gasteiger partial charge in [-0.25, -0.2) is 14.4 Å². The molecule has 0 aliphatic carbocycles. The number of aryl methyl sites for hydroxylation is 2. The van der Waals surface area contributed by atoms with Gasteiger partial charge in [0.1, 0.15) is 5.82 Å². The van der Waals surface area contributed by atoms with E-state index in [1.165, 1.54) is 12.1 Å². The smallest absolute Gasteiger partial charge is 0.229 e. The average Bonchev–Trinajstić information content (AvgIpc) is 2.54. The van der Waals surface area contributed by atoms with Gasteiger partial charge in [0.2, 0.25) is 11.9 Å². The number of carbonyl (C=O) groups excluding carboxylic acids is 1. The van der Waals surface area contributed by atoms with E-state index < -0.39 is 0 Å². The molecule has 3 rings (SSSR count). The number of halogens is 1. The van der Waals surface area contributed by atoms with Crippen LogP contribution in [0.25, 0.3) is 0 Å². The lowest BCUT2D eigenvalue weighted by Crippen LogP contribution is -2.41. The van der Waals surface area contributed by atoms with Gasteiger partial charge in [-0.05, 0) is 51.0 Å². The monoisotopic (exact) mass is 328 g/mol. The maximum absolute atomic E-state index is 13.2. The fourth-order valence-electron chi connectivity index (χ4n) is 3.03. The van der Waals surface area contributed by atoms with Crippen molar-refractivity contribution in [3.8, 4) is 0 Å². The van der Waals surface area contributed by atoms with E-state index in [-0.39, 0.29) is 17.6 Å². The summed E-state index contributed by atoms with van der Waals surface area (Å²) in [6, 6.07) is 7.89. The first-order chi connectivity index (χ1) is 11.5.